The van der Waals surface area contributed by atoms with Gasteiger partial charge in [0, 0.05) is 4.90 Å². The molecule has 3 aliphatic rings. The predicted octanol–water partition coefficient (Wildman–Crippen LogP) is 3.09. The molecule has 1 aromatic rings. The fourth-order valence-electron chi connectivity index (χ4n) is 4.31. The highest BCUT2D eigenvalue weighted by Gasteiger charge is 2.59. The number of benzene rings is 1. The lowest BCUT2D eigenvalue weighted by atomic mass is 9.85. The first-order chi connectivity index (χ1) is 13.2. The van der Waals surface area contributed by atoms with Crippen molar-refractivity contribution < 1.29 is 27.6 Å². The van der Waals surface area contributed by atoms with Crippen LogP contribution < -0.4 is 5.32 Å². The summed E-state index contributed by atoms with van der Waals surface area (Å²) >= 11 is 0.567. The molecule has 1 heterocycles. The fourth-order valence-corrected chi connectivity index (χ4v) is 5.08. The normalized spacial score (nSPS) is 28.2. The number of hydrogen-bond acceptors (Lipinski definition) is 4. The highest BCUT2D eigenvalue weighted by molar-refractivity contribution is 7.99. The molecule has 148 valence electrons. The summed E-state index contributed by atoms with van der Waals surface area (Å²) in [5, 5.41) is 2.53. The largest absolute Gasteiger partial charge is 0.398 e. The van der Waals surface area contributed by atoms with E-state index in [4.69, 9.17) is 0 Å². The molecular formula is C19H17F3N2O3S. The van der Waals surface area contributed by atoms with E-state index in [1.807, 2.05) is 12.2 Å². The Hall–Kier alpha value is -2.29. The van der Waals surface area contributed by atoms with Gasteiger partial charge in [-0.1, -0.05) is 24.3 Å². The molecule has 1 aliphatic heterocycles. The molecule has 4 unspecified atom stereocenters. The first kappa shape index (κ1) is 19.0. The first-order valence-electron chi connectivity index (χ1n) is 8.86. The average Bonchev–Trinajstić information content (AvgIpc) is 3.30. The van der Waals surface area contributed by atoms with E-state index in [0.29, 0.717) is 11.8 Å². The van der Waals surface area contributed by atoms with E-state index in [2.05, 4.69) is 5.32 Å². The average molecular weight is 410 g/mol. The van der Waals surface area contributed by atoms with Gasteiger partial charge in [-0.05, 0) is 30.4 Å². The molecule has 4 rings (SSSR count). The third-order valence-electron chi connectivity index (χ3n) is 5.42. The van der Waals surface area contributed by atoms with E-state index in [9.17, 15) is 27.6 Å². The van der Waals surface area contributed by atoms with Crippen LogP contribution in [0.1, 0.15) is 6.42 Å². The number of allylic oxidation sites excluding steroid dienone is 2. The molecule has 0 radical (unpaired) electrons. The number of thioether (sulfide) groups is 1. The van der Waals surface area contributed by atoms with Crippen molar-refractivity contribution in [3.63, 3.8) is 0 Å². The summed E-state index contributed by atoms with van der Waals surface area (Å²) in [5.74, 6) is -3.01. The quantitative estimate of drug-likeness (QED) is 0.460. The van der Waals surface area contributed by atoms with Crippen molar-refractivity contribution >= 4 is 35.2 Å². The summed E-state index contributed by atoms with van der Waals surface area (Å²) < 4.78 is 37.4. The summed E-state index contributed by atoms with van der Waals surface area (Å²) in [6.45, 7) is -0.428. The Morgan fingerprint density at radius 3 is 2.32 bits per heavy atom. The molecule has 1 saturated heterocycles. The maximum atomic E-state index is 12.6. The molecule has 2 aliphatic carbocycles. The molecule has 2 fully saturated rings. The Morgan fingerprint density at radius 2 is 1.71 bits per heavy atom. The third-order valence-corrected chi connectivity index (χ3v) is 6.55. The lowest BCUT2D eigenvalue weighted by molar-refractivity contribution is -0.143. The number of hydrogen-bond donors (Lipinski definition) is 1. The molecule has 0 aromatic heterocycles. The van der Waals surface area contributed by atoms with Crippen LogP contribution in [0.25, 0.3) is 0 Å². The second-order valence-corrected chi connectivity index (χ2v) is 8.23. The minimum absolute atomic E-state index is 0.0546. The predicted molar refractivity (Wildman–Crippen MR) is 96.3 cm³/mol. The number of anilines is 1. The lowest BCUT2D eigenvalue weighted by Crippen LogP contribution is -2.39. The van der Waals surface area contributed by atoms with Gasteiger partial charge >= 0.3 is 6.18 Å². The van der Waals surface area contributed by atoms with Gasteiger partial charge in [0.1, 0.15) is 6.54 Å². The zero-order valence-electron chi connectivity index (χ0n) is 14.6. The number of imide groups is 1. The third kappa shape index (κ3) is 3.43. The van der Waals surface area contributed by atoms with Crippen LogP contribution in [0.5, 0.6) is 0 Å². The number of nitrogens with zero attached hydrogens (tertiary/aromatic N) is 1. The van der Waals surface area contributed by atoms with Crippen molar-refractivity contribution in [1.82, 2.24) is 4.90 Å². The van der Waals surface area contributed by atoms with E-state index >= 15 is 0 Å². The van der Waals surface area contributed by atoms with Crippen molar-refractivity contribution in [3.8, 4) is 0 Å². The van der Waals surface area contributed by atoms with Crippen molar-refractivity contribution in [2.24, 2.45) is 23.7 Å². The van der Waals surface area contributed by atoms with Crippen molar-refractivity contribution in [1.29, 1.82) is 0 Å². The monoisotopic (exact) mass is 410 g/mol. The molecule has 0 spiro atoms. The van der Waals surface area contributed by atoms with Gasteiger partial charge in [-0.25, -0.2) is 0 Å². The van der Waals surface area contributed by atoms with E-state index < -0.39 is 24.4 Å². The van der Waals surface area contributed by atoms with Crippen LogP contribution in [0, 0.1) is 23.7 Å². The first-order valence-corrected chi connectivity index (χ1v) is 9.85. The van der Waals surface area contributed by atoms with E-state index in [0.717, 1.165) is 11.3 Å². The molecule has 4 atom stereocenters. The Morgan fingerprint density at radius 1 is 1.11 bits per heavy atom. The minimum Gasteiger partial charge on any atom is -0.324 e. The number of carbonyl (C=O) groups is 3. The number of likely N-dealkylation sites (tertiary alicyclic amines) is 1. The summed E-state index contributed by atoms with van der Waals surface area (Å²) in [5.41, 5.74) is 0.225. The highest BCUT2D eigenvalue weighted by atomic mass is 32.2. The Balaban J connectivity index is 1.42. The van der Waals surface area contributed by atoms with Crippen LogP contribution in [0.4, 0.5) is 18.9 Å². The number of rotatable bonds is 5. The fraction of sp³-hybridized carbons (Fsp3) is 0.421. The summed E-state index contributed by atoms with van der Waals surface area (Å²) in [4.78, 5) is 38.9. The summed E-state index contributed by atoms with van der Waals surface area (Å²) in [6.07, 6.45) is 0.404. The number of nitrogens with one attached hydrogen (secondary N) is 1. The van der Waals surface area contributed by atoms with Crippen LogP contribution in [-0.2, 0) is 14.4 Å². The smallest absolute Gasteiger partial charge is 0.324 e. The SMILES string of the molecule is O=C(CN1C(=O)C2C3C=CC(C3)C2C1=O)Nc1ccccc1SCC(F)(F)F. The van der Waals surface area contributed by atoms with Gasteiger partial charge in [0.05, 0.1) is 23.3 Å². The lowest BCUT2D eigenvalue weighted by Gasteiger charge is -2.17. The van der Waals surface area contributed by atoms with E-state index in [1.54, 1.807) is 12.1 Å². The minimum atomic E-state index is -4.33. The standard InChI is InChI=1S/C19H17F3N2O3S/c20-19(21,22)9-28-13-4-2-1-3-12(13)23-14(25)8-24-17(26)15-10-5-6-11(7-10)16(15)18(24)27/h1-6,10-11,15-16H,7-9H2,(H,23,25). The molecule has 2 bridgehead atoms. The zero-order chi connectivity index (χ0) is 20.1. The Kier molecular flexibility index (Phi) is 4.73. The number of halogens is 3. The maximum Gasteiger partial charge on any atom is 0.398 e. The van der Waals surface area contributed by atoms with E-state index in [1.165, 1.54) is 12.1 Å². The number of carbonyl (C=O) groups excluding carboxylic acids is 3. The second-order valence-electron chi connectivity index (χ2n) is 7.21. The summed E-state index contributed by atoms with van der Waals surface area (Å²) in [6, 6.07) is 6.13. The van der Waals surface area contributed by atoms with Gasteiger partial charge < -0.3 is 5.32 Å². The molecule has 9 heteroatoms. The zero-order valence-corrected chi connectivity index (χ0v) is 15.4. The van der Waals surface area contributed by atoms with Crippen LogP contribution >= 0.6 is 11.8 Å². The number of alkyl halides is 3. The van der Waals surface area contributed by atoms with Gasteiger partial charge in [0.2, 0.25) is 17.7 Å². The van der Waals surface area contributed by atoms with E-state index in [-0.39, 0.29) is 46.1 Å². The number of fused-ring (bicyclic) bond motifs is 5. The van der Waals surface area contributed by atoms with Gasteiger partial charge in [-0.2, -0.15) is 13.2 Å². The van der Waals surface area contributed by atoms with Crippen molar-refractivity contribution in [3.05, 3.63) is 36.4 Å². The second kappa shape index (κ2) is 6.95. The van der Waals surface area contributed by atoms with Crippen molar-refractivity contribution in [2.75, 3.05) is 17.6 Å². The molecule has 28 heavy (non-hydrogen) atoms. The highest BCUT2D eigenvalue weighted by Crippen LogP contribution is 2.52. The Labute approximate surface area is 163 Å². The molecule has 1 saturated carbocycles. The maximum absolute atomic E-state index is 12.6. The number of amides is 3. The molecule has 1 aromatic carbocycles. The Bertz CT molecular complexity index is 840. The van der Waals surface area contributed by atoms with Gasteiger partial charge in [0.15, 0.2) is 0 Å². The molecule has 1 N–H and O–H groups in total. The topological polar surface area (TPSA) is 66.5 Å². The van der Waals surface area contributed by atoms with Crippen LogP contribution in [-0.4, -0.2) is 41.1 Å². The number of para-hydroxylation sites is 1. The van der Waals surface area contributed by atoms with Gasteiger partial charge in [-0.3, -0.25) is 19.3 Å². The van der Waals surface area contributed by atoms with Crippen LogP contribution in [0.3, 0.4) is 0 Å². The van der Waals surface area contributed by atoms with Gasteiger partial charge in [0.25, 0.3) is 0 Å². The van der Waals surface area contributed by atoms with Crippen LogP contribution in [0.15, 0.2) is 41.3 Å². The van der Waals surface area contributed by atoms with Gasteiger partial charge in [-0.15, -0.1) is 11.8 Å². The molecule has 5 nitrogen and oxygen atoms in total. The summed E-state index contributed by atoms with van der Waals surface area (Å²) in [7, 11) is 0. The van der Waals surface area contributed by atoms with Crippen LogP contribution in [0.2, 0.25) is 0 Å². The molecule has 3 amide bonds. The molecular weight excluding hydrogens is 393 g/mol. The van der Waals surface area contributed by atoms with Crippen molar-refractivity contribution in [2.45, 2.75) is 17.5 Å².